The maximum atomic E-state index is 13.7. The second-order valence-corrected chi connectivity index (χ2v) is 16.6. The normalized spacial score (nSPS) is 18.6. The molecule has 3 atom stereocenters. The van der Waals surface area contributed by atoms with Gasteiger partial charge in [0.2, 0.25) is 11.3 Å². The first kappa shape index (κ1) is 37.2. The maximum Gasteiger partial charge on any atom is 0.519 e. The third-order valence-corrected chi connectivity index (χ3v) is 11.4. The van der Waals surface area contributed by atoms with Crippen molar-refractivity contribution in [1.82, 2.24) is 14.5 Å². The van der Waals surface area contributed by atoms with E-state index >= 15 is 0 Å². The van der Waals surface area contributed by atoms with Crippen LogP contribution in [0.25, 0.3) is 33.0 Å². The van der Waals surface area contributed by atoms with Crippen molar-refractivity contribution in [3.8, 4) is 0 Å². The fourth-order valence-electron chi connectivity index (χ4n) is 8.01. The van der Waals surface area contributed by atoms with E-state index < -0.39 is 34.0 Å². The molecule has 6 N–H and O–H groups in total. The van der Waals surface area contributed by atoms with Crippen LogP contribution in [0, 0.1) is 0 Å². The Labute approximate surface area is 335 Å². The summed E-state index contributed by atoms with van der Waals surface area (Å²) in [5.74, 6) is -0.932. The lowest BCUT2D eigenvalue weighted by Crippen LogP contribution is -2.71. The van der Waals surface area contributed by atoms with Gasteiger partial charge in [-0.25, -0.2) is 4.98 Å². The van der Waals surface area contributed by atoms with E-state index in [4.69, 9.17) is 19.6 Å². The quantitative estimate of drug-likeness (QED) is 0.107. The molecule has 56 heavy (non-hydrogen) atoms. The first-order chi connectivity index (χ1) is 26.7. The molecule has 0 saturated carbocycles. The van der Waals surface area contributed by atoms with Gasteiger partial charge in [-0.05, 0) is 68.8 Å². The fourth-order valence-corrected chi connectivity index (χ4v) is 8.73. The third-order valence-electron chi connectivity index (χ3n) is 10.4. The van der Waals surface area contributed by atoms with Gasteiger partial charge in [-0.3, -0.25) is 14.4 Å². The number of amides is 3. The van der Waals surface area contributed by atoms with Crippen LogP contribution in [-0.2, 0) is 17.6 Å². The number of primary amides is 1. The molecule has 15 heteroatoms. The second-order valence-electron chi connectivity index (χ2n) is 14.8. The summed E-state index contributed by atoms with van der Waals surface area (Å²) in [6.07, 6.45) is -0.0985. The largest absolute Gasteiger partial charge is 0.519 e. The Morgan fingerprint density at radius 3 is 2.20 bits per heavy atom. The minimum Gasteiger partial charge on any atom is -0.449 e. The van der Waals surface area contributed by atoms with E-state index in [9.17, 15) is 24.3 Å². The smallest absolute Gasteiger partial charge is 0.449 e. The van der Waals surface area contributed by atoms with E-state index in [2.05, 4.69) is 53.5 Å². The molecule has 2 unspecified atom stereocenters. The molecule has 2 aliphatic heterocycles. The highest BCUT2D eigenvalue weighted by atomic mass is 79.9. The molecule has 3 amide bonds. The number of halogens is 2. The molecule has 0 saturated heterocycles. The molecule has 0 fully saturated rings. The number of carboxylic acid groups (broad SMARTS) is 1. The van der Waals surface area contributed by atoms with Gasteiger partial charge in [0.25, 0.3) is 17.4 Å². The topological polar surface area (TPSA) is 194 Å². The molecule has 4 aromatic carbocycles. The standard InChI is InChI=1S/C23H22BrN3O5.C18H12BrN3O2/c1-23(2,3)27(22(30)31)15-7-5-4-6-12(15)10-16(27)21(29)26-18-14-11-13(24)8-9-17(14)32-19(18)20(25)28;19-10-5-6-14-11(8-10)15-16(24-14)18(23)22-17(21-15)13-7-9-3-1-2-4-12(9)20-13/h4-9,11,16H,10H2,1-3H3,(H3-,25,26,28,29,30,31);1-6,8,13,20H,7H2,(H,21,22,23)/p+1/t;13-/m.0/s1. The second kappa shape index (κ2) is 13.8. The van der Waals surface area contributed by atoms with Crippen LogP contribution in [0.4, 0.5) is 21.9 Å². The van der Waals surface area contributed by atoms with Crippen molar-refractivity contribution in [2.75, 3.05) is 10.6 Å². The number of nitrogens with two attached hydrogens (primary N) is 1. The lowest BCUT2D eigenvalue weighted by molar-refractivity contribution is -0.121. The van der Waals surface area contributed by atoms with Gasteiger partial charge in [0.05, 0.1) is 6.04 Å². The molecule has 0 spiro atoms. The molecule has 0 aliphatic carbocycles. The number of H-pyrrole nitrogens is 1. The number of nitrogens with zero attached hydrogens (tertiary/aromatic N) is 2. The molecule has 3 aromatic heterocycles. The summed E-state index contributed by atoms with van der Waals surface area (Å²) in [5, 5.41) is 17.9. The summed E-state index contributed by atoms with van der Waals surface area (Å²) in [4.78, 5) is 58.5. The zero-order valence-electron chi connectivity index (χ0n) is 30.3. The Hall–Kier alpha value is -5.77. The average Bonchev–Trinajstić information content (AvgIpc) is 3.92. The van der Waals surface area contributed by atoms with Crippen molar-refractivity contribution in [3.63, 3.8) is 0 Å². The van der Waals surface area contributed by atoms with Gasteiger partial charge in [-0.1, -0.05) is 68.3 Å². The molecule has 9 rings (SSSR count). The van der Waals surface area contributed by atoms with Crippen molar-refractivity contribution >= 4 is 99.9 Å². The number of aromatic amines is 1. The number of fused-ring (bicyclic) bond motifs is 6. The van der Waals surface area contributed by atoms with Gasteiger partial charge in [0, 0.05) is 49.9 Å². The first-order valence-corrected chi connectivity index (χ1v) is 19.3. The SMILES string of the molecule is CC(C)(C)[N+]1(C(=O)O)c2ccccc2CC1C(=O)Nc1c(C(N)=O)oc2ccc(Br)cc12.O=c1[nH]c([C@@H]2Cc3ccccc3N2)nc2c1oc1ccc(Br)cc12. The predicted molar refractivity (Wildman–Crippen MR) is 221 cm³/mol. The molecular formula is C41H35Br2N6O7+. The van der Waals surface area contributed by atoms with Crippen molar-refractivity contribution in [1.29, 1.82) is 0 Å². The Balaban J connectivity index is 0.000000163. The summed E-state index contributed by atoms with van der Waals surface area (Å²) in [6, 6.07) is 25.0. The first-order valence-electron chi connectivity index (χ1n) is 17.7. The number of benzene rings is 4. The fraction of sp³-hybridized carbons (Fsp3) is 0.195. The van der Waals surface area contributed by atoms with Gasteiger partial charge in [0.1, 0.15) is 39.4 Å². The minimum absolute atomic E-state index is 0.0448. The van der Waals surface area contributed by atoms with Crippen LogP contribution >= 0.6 is 31.9 Å². The highest BCUT2D eigenvalue weighted by Crippen LogP contribution is 2.46. The number of furan rings is 2. The number of hydrogen-bond acceptors (Lipinski definition) is 8. The summed E-state index contributed by atoms with van der Waals surface area (Å²) in [6.45, 7) is 5.38. The number of para-hydroxylation sites is 2. The van der Waals surface area contributed by atoms with Crippen LogP contribution < -0.4 is 26.4 Å². The number of carbonyl (C=O) groups excluding carboxylic acids is 2. The minimum atomic E-state index is -1.13. The molecule has 0 bridgehead atoms. The summed E-state index contributed by atoms with van der Waals surface area (Å²) >= 11 is 6.83. The van der Waals surface area contributed by atoms with Gasteiger partial charge in [-0.2, -0.15) is 9.28 Å². The molecule has 13 nitrogen and oxygen atoms in total. The Kier molecular flexibility index (Phi) is 9.13. The van der Waals surface area contributed by atoms with Crippen LogP contribution in [0.2, 0.25) is 0 Å². The van der Waals surface area contributed by atoms with Gasteiger partial charge >= 0.3 is 6.09 Å². The lowest BCUT2D eigenvalue weighted by atomic mass is 9.98. The summed E-state index contributed by atoms with van der Waals surface area (Å²) < 4.78 is 12.3. The Bertz CT molecular complexity index is 2800. The number of anilines is 2. The monoisotopic (exact) mass is 881 g/mol. The van der Waals surface area contributed by atoms with E-state index in [-0.39, 0.29) is 35.1 Å². The predicted octanol–water partition coefficient (Wildman–Crippen LogP) is 8.78. The Morgan fingerprint density at radius 1 is 0.893 bits per heavy atom. The van der Waals surface area contributed by atoms with Crippen LogP contribution in [0.15, 0.2) is 108 Å². The van der Waals surface area contributed by atoms with E-state index in [0.29, 0.717) is 33.6 Å². The van der Waals surface area contributed by atoms with Crippen LogP contribution in [0.5, 0.6) is 0 Å². The van der Waals surface area contributed by atoms with E-state index in [1.165, 1.54) is 5.56 Å². The van der Waals surface area contributed by atoms with E-state index in [1.807, 2.05) is 48.5 Å². The van der Waals surface area contributed by atoms with Crippen molar-refractivity contribution in [3.05, 3.63) is 127 Å². The molecule has 5 heterocycles. The number of hydrogen-bond donors (Lipinski definition) is 5. The third kappa shape index (κ3) is 6.06. The van der Waals surface area contributed by atoms with Crippen LogP contribution in [0.1, 0.15) is 54.3 Å². The van der Waals surface area contributed by atoms with E-state index in [0.717, 1.165) is 32.0 Å². The number of carbonyl (C=O) groups is 3. The Morgan fingerprint density at radius 2 is 1.54 bits per heavy atom. The van der Waals surface area contributed by atoms with E-state index in [1.54, 1.807) is 51.1 Å². The average molecular weight is 884 g/mol. The summed E-state index contributed by atoms with van der Waals surface area (Å²) in [7, 11) is 0. The highest BCUT2D eigenvalue weighted by molar-refractivity contribution is 9.10. The maximum absolute atomic E-state index is 13.7. The molecule has 7 aromatic rings. The zero-order valence-corrected chi connectivity index (χ0v) is 33.4. The van der Waals surface area contributed by atoms with Crippen molar-refractivity contribution < 1.29 is 28.3 Å². The van der Waals surface area contributed by atoms with Gasteiger partial charge in [-0.15, -0.1) is 0 Å². The lowest BCUT2D eigenvalue weighted by Gasteiger charge is -2.43. The number of aromatic nitrogens is 2. The number of nitrogens with one attached hydrogen (secondary N) is 3. The van der Waals surface area contributed by atoms with Crippen LogP contribution in [0.3, 0.4) is 0 Å². The highest BCUT2D eigenvalue weighted by Gasteiger charge is 2.62. The molecule has 2 aliphatic rings. The molecular weight excluding hydrogens is 848 g/mol. The van der Waals surface area contributed by atoms with Crippen molar-refractivity contribution in [2.45, 2.75) is 51.2 Å². The van der Waals surface area contributed by atoms with Crippen molar-refractivity contribution in [2.24, 2.45) is 5.73 Å². The molecule has 0 radical (unpaired) electrons. The zero-order chi connectivity index (χ0) is 39.7. The summed E-state index contributed by atoms with van der Waals surface area (Å²) in [5.41, 5.74) is 10.1. The molecule has 284 valence electrons. The van der Waals surface area contributed by atoms with Gasteiger partial charge < -0.3 is 35.3 Å². The van der Waals surface area contributed by atoms with Gasteiger partial charge in [0.15, 0.2) is 6.04 Å². The number of quaternary nitrogens is 1. The number of rotatable bonds is 4. The van der Waals surface area contributed by atoms with Crippen LogP contribution in [-0.4, -0.2) is 44.6 Å².